The third-order valence-electron chi connectivity index (χ3n) is 6.48. The zero-order valence-corrected chi connectivity index (χ0v) is 24.9. The maximum absolute atomic E-state index is 15.2. The first-order valence-corrected chi connectivity index (χ1v) is 15.0. The highest BCUT2D eigenvalue weighted by Crippen LogP contribution is 2.37. The number of ketones is 1. The number of Topliss-reactive ketones (excluding diaryl/α,β-unsaturated/α-hetero) is 1. The van der Waals surface area contributed by atoms with Gasteiger partial charge in [-0.25, -0.2) is 17.6 Å². The Hall–Kier alpha value is -3.19. The monoisotopic (exact) mass is 634 g/mol. The van der Waals surface area contributed by atoms with Gasteiger partial charge in [-0.15, -0.1) is 0 Å². The molecule has 0 bridgehead atoms. The van der Waals surface area contributed by atoms with E-state index in [0.717, 1.165) is 11.0 Å². The van der Waals surface area contributed by atoms with E-state index in [1.807, 2.05) is 0 Å². The van der Waals surface area contributed by atoms with Crippen LogP contribution in [0.1, 0.15) is 69.3 Å². The number of rotatable bonds is 8. The van der Waals surface area contributed by atoms with Gasteiger partial charge in [0.25, 0.3) is 5.91 Å². The van der Waals surface area contributed by atoms with Crippen LogP contribution in [0.15, 0.2) is 41.3 Å². The number of benzene rings is 2. The van der Waals surface area contributed by atoms with Crippen molar-refractivity contribution in [2.75, 3.05) is 4.90 Å². The van der Waals surface area contributed by atoms with E-state index in [-0.39, 0.29) is 25.1 Å². The van der Waals surface area contributed by atoms with Gasteiger partial charge in [-0.2, -0.15) is 13.2 Å². The Labute approximate surface area is 246 Å². The molecular weight excluding hydrogens is 604 g/mol. The number of fused-ring (bicyclic) bond motifs is 1. The lowest BCUT2D eigenvalue weighted by molar-refractivity contribution is -0.135. The van der Waals surface area contributed by atoms with Crippen LogP contribution in [-0.2, 0) is 25.9 Å². The summed E-state index contributed by atoms with van der Waals surface area (Å²) >= 11 is 5.97. The number of halogens is 5. The lowest BCUT2D eigenvalue weighted by Gasteiger charge is -2.28. The van der Waals surface area contributed by atoms with Crippen molar-refractivity contribution in [2.45, 2.75) is 87.9 Å². The smallest absolute Gasteiger partial charge is 0.408 e. The highest BCUT2D eigenvalue weighted by atomic mass is 35.5. The van der Waals surface area contributed by atoms with Gasteiger partial charge in [0.05, 0.1) is 27.9 Å². The molecule has 42 heavy (non-hydrogen) atoms. The molecule has 0 aromatic heterocycles. The number of nitrogens with zero attached hydrogens (tertiary/aromatic N) is 1. The average molecular weight is 635 g/mol. The lowest BCUT2D eigenvalue weighted by atomic mass is 10.0. The molecule has 2 aromatic rings. The Morgan fingerprint density at radius 3 is 2.26 bits per heavy atom. The van der Waals surface area contributed by atoms with Crippen molar-refractivity contribution < 1.29 is 45.1 Å². The number of sulfone groups is 1. The van der Waals surface area contributed by atoms with Crippen LogP contribution in [0.3, 0.4) is 0 Å². The number of unbranched alkanes of at least 4 members (excludes halogenated alkanes) is 1. The first kappa shape index (κ1) is 33.3. The first-order valence-electron chi connectivity index (χ1n) is 13.0. The van der Waals surface area contributed by atoms with Gasteiger partial charge in [0.1, 0.15) is 17.5 Å². The van der Waals surface area contributed by atoms with Gasteiger partial charge in [-0.1, -0.05) is 23.7 Å². The van der Waals surface area contributed by atoms with E-state index in [2.05, 4.69) is 5.32 Å². The maximum atomic E-state index is 15.2. The molecule has 0 saturated heterocycles. The van der Waals surface area contributed by atoms with Gasteiger partial charge in [0.2, 0.25) is 0 Å². The number of amides is 2. The number of hydrogen-bond acceptors (Lipinski definition) is 6. The maximum Gasteiger partial charge on any atom is 0.408 e. The number of hydrogen-bond donors (Lipinski definition) is 1. The second kappa shape index (κ2) is 12.6. The number of anilines is 1. The van der Waals surface area contributed by atoms with Crippen molar-refractivity contribution in [1.29, 1.82) is 0 Å². The third kappa shape index (κ3) is 8.21. The topological polar surface area (TPSA) is 110 Å². The van der Waals surface area contributed by atoms with Crippen LogP contribution in [-0.4, -0.2) is 49.3 Å². The summed E-state index contributed by atoms with van der Waals surface area (Å²) in [6, 6.07) is 6.11. The molecule has 0 unspecified atom stereocenters. The van der Waals surface area contributed by atoms with Crippen molar-refractivity contribution in [3.63, 3.8) is 0 Å². The minimum absolute atomic E-state index is 0.181. The molecule has 1 aliphatic rings. The Kier molecular flexibility index (Phi) is 9.98. The molecule has 0 saturated carbocycles. The molecule has 3 rings (SSSR count). The zero-order valence-electron chi connectivity index (χ0n) is 23.3. The Morgan fingerprint density at radius 2 is 1.69 bits per heavy atom. The van der Waals surface area contributed by atoms with Gasteiger partial charge in [0.15, 0.2) is 15.6 Å². The van der Waals surface area contributed by atoms with Crippen molar-refractivity contribution in [2.24, 2.45) is 0 Å². The number of ether oxygens (including phenoxy) is 1. The van der Waals surface area contributed by atoms with Crippen molar-refractivity contribution in [3.8, 4) is 0 Å². The molecule has 14 heteroatoms. The summed E-state index contributed by atoms with van der Waals surface area (Å²) in [7, 11) is -4.49. The van der Waals surface area contributed by atoms with Crippen LogP contribution in [0.5, 0.6) is 0 Å². The summed E-state index contributed by atoms with van der Waals surface area (Å²) in [6.45, 7) is 5.67. The standard InChI is InChI=1S/C28H31ClF4N2O6S/c1-16-24(34-26(38)41-27(2,3)4)25(37)35(15-17-8-10-18(29)11-9-17)21-13-19(20(30)14-23(21)42(16,39)40)22(36)7-5-6-12-28(31,32)33/h8-11,13-14,16,24H,5-7,12,15H2,1-4H3,(H,34,38)/t16-,24+/m1/s1. The van der Waals surface area contributed by atoms with Gasteiger partial charge in [0, 0.05) is 17.9 Å². The summed E-state index contributed by atoms with van der Waals surface area (Å²) in [5, 5.41) is 1.14. The number of carbonyl (C=O) groups is 3. The normalized spacial score (nSPS) is 18.7. The molecule has 1 aliphatic heterocycles. The molecule has 0 aliphatic carbocycles. The molecule has 2 atom stereocenters. The van der Waals surface area contributed by atoms with Crippen LogP contribution in [0, 0.1) is 5.82 Å². The van der Waals surface area contributed by atoms with Gasteiger partial charge >= 0.3 is 12.3 Å². The fourth-order valence-electron chi connectivity index (χ4n) is 4.36. The fraction of sp³-hybridized carbons (Fsp3) is 0.464. The van der Waals surface area contributed by atoms with Gasteiger partial charge < -0.3 is 15.0 Å². The lowest BCUT2D eigenvalue weighted by Crippen LogP contribution is -2.54. The fourth-order valence-corrected chi connectivity index (χ4v) is 6.16. The minimum atomic E-state index is -4.49. The highest BCUT2D eigenvalue weighted by molar-refractivity contribution is 7.92. The van der Waals surface area contributed by atoms with Crippen LogP contribution in [0.4, 0.5) is 28.0 Å². The number of alkyl halides is 3. The van der Waals surface area contributed by atoms with Crippen molar-refractivity contribution >= 4 is 44.9 Å². The van der Waals surface area contributed by atoms with Gasteiger partial charge in [-0.3, -0.25) is 9.59 Å². The summed E-state index contributed by atoms with van der Waals surface area (Å²) in [4.78, 5) is 39.8. The van der Waals surface area contributed by atoms with E-state index >= 15 is 4.39 Å². The average Bonchev–Trinajstić information content (AvgIpc) is 2.91. The zero-order chi connectivity index (χ0) is 31.6. The van der Waals surface area contributed by atoms with E-state index in [4.69, 9.17) is 16.3 Å². The highest BCUT2D eigenvalue weighted by Gasteiger charge is 2.45. The quantitative estimate of drug-likeness (QED) is 0.205. The molecule has 0 fully saturated rings. The second-order valence-corrected chi connectivity index (χ2v) is 13.7. The van der Waals surface area contributed by atoms with Crippen LogP contribution in [0.2, 0.25) is 5.02 Å². The molecule has 0 radical (unpaired) electrons. The molecule has 8 nitrogen and oxygen atoms in total. The first-order chi connectivity index (χ1) is 19.3. The SMILES string of the molecule is C[C@@H]1[C@H](NC(=O)OC(C)(C)C)C(=O)N(Cc2ccc(Cl)cc2)c2cc(C(=O)CCCCC(F)(F)F)c(F)cc2S1(=O)=O. The largest absolute Gasteiger partial charge is 0.444 e. The molecule has 0 spiro atoms. The molecule has 1 N–H and O–H groups in total. The van der Waals surface area contributed by atoms with Gasteiger partial charge in [-0.05, 0) is 70.4 Å². The van der Waals surface area contributed by atoms with E-state index in [1.165, 1.54) is 19.1 Å². The Balaban J connectivity index is 2.09. The number of alkyl carbamates (subject to hydrolysis) is 1. The summed E-state index contributed by atoms with van der Waals surface area (Å²) in [5.41, 5.74) is -1.36. The van der Waals surface area contributed by atoms with Crippen LogP contribution < -0.4 is 10.2 Å². The van der Waals surface area contributed by atoms with Crippen molar-refractivity contribution in [1.82, 2.24) is 5.32 Å². The predicted molar refractivity (Wildman–Crippen MR) is 148 cm³/mol. The number of carbonyl (C=O) groups excluding carboxylic acids is 3. The third-order valence-corrected chi connectivity index (χ3v) is 8.92. The molecular formula is C28H31ClF4N2O6S. The van der Waals surface area contributed by atoms with Crippen LogP contribution in [0.25, 0.3) is 0 Å². The summed E-state index contributed by atoms with van der Waals surface area (Å²) in [6.07, 6.45) is -7.54. The summed E-state index contributed by atoms with van der Waals surface area (Å²) < 4.78 is 85.3. The Morgan fingerprint density at radius 1 is 1.07 bits per heavy atom. The van der Waals surface area contributed by atoms with Crippen molar-refractivity contribution in [3.05, 3.63) is 58.4 Å². The summed E-state index contributed by atoms with van der Waals surface area (Å²) in [5.74, 6) is -2.93. The van der Waals surface area contributed by atoms with E-state index in [0.29, 0.717) is 16.7 Å². The van der Waals surface area contributed by atoms with E-state index in [1.54, 1.807) is 32.9 Å². The van der Waals surface area contributed by atoms with E-state index in [9.17, 15) is 36.0 Å². The Bertz CT molecular complexity index is 1460. The molecule has 2 aromatic carbocycles. The van der Waals surface area contributed by atoms with Crippen LogP contribution >= 0.6 is 11.6 Å². The minimum Gasteiger partial charge on any atom is -0.444 e. The second-order valence-electron chi connectivity index (χ2n) is 11.0. The van der Waals surface area contributed by atoms with E-state index < -0.39 is 79.8 Å². The molecule has 230 valence electrons. The molecule has 1 heterocycles. The number of nitrogens with one attached hydrogen (secondary N) is 1. The molecule has 2 amide bonds. The predicted octanol–water partition coefficient (Wildman–Crippen LogP) is 6.39.